The molecule has 0 saturated carbocycles. The zero-order valence-corrected chi connectivity index (χ0v) is 8.20. The monoisotopic (exact) mass is 174 g/mol. The van der Waals surface area contributed by atoms with Crippen LogP contribution in [0.2, 0.25) is 0 Å². The number of hydrogen-bond acceptors (Lipinski definition) is 3. The molecule has 0 radical (unpaired) electrons. The molecule has 72 valence electrons. The van der Waals surface area contributed by atoms with Gasteiger partial charge in [-0.1, -0.05) is 13.8 Å². The van der Waals surface area contributed by atoms with Crippen LogP contribution in [0.1, 0.15) is 20.3 Å². The second-order valence-electron chi connectivity index (χ2n) is 3.19. The molecule has 0 fully saturated rings. The molecule has 0 aliphatic rings. The first-order valence-electron chi connectivity index (χ1n) is 4.05. The van der Waals surface area contributed by atoms with E-state index in [9.17, 15) is 4.79 Å². The second kappa shape index (κ2) is 5.11. The van der Waals surface area contributed by atoms with Gasteiger partial charge >= 0.3 is 0 Å². The first kappa shape index (κ1) is 11.4. The maximum atomic E-state index is 11.2. The molecule has 2 N–H and O–H groups in total. The number of rotatable bonds is 4. The van der Waals surface area contributed by atoms with Crippen LogP contribution in [0, 0.1) is 5.92 Å². The van der Waals surface area contributed by atoms with E-state index in [0.29, 0.717) is 12.3 Å². The van der Waals surface area contributed by atoms with Crippen LogP contribution in [0.15, 0.2) is 0 Å². The Kier molecular flexibility index (Phi) is 4.85. The number of carbonyl (C=O) groups is 1. The summed E-state index contributed by atoms with van der Waals surface area (Å²) < 4.78 is 0. The number of carbonyl (C=O) groups excluding carboxylic acids is 1. The van der Waals surface area contributed by atoms with Gasteiger partial charge in [-0.05, 0) is 5.92 Å². The van der Waals surface area contributed by atoms with Crippen molar-refractivity contribution in [2.45, 2.75) is 26.3 Å². The van der Waals surface area contributed by atoms with Crippen molar-refractivity contribution >= 4 is 5.91 Å². The maximum absolute atomic E-state index is 11.2. The third-order valence-electron chi connectivity index (χ3n) is 1.89. The summed E-state index contributed by atoms with van der Waals surface area (Å²) in [4.78, 5) is 15.9. The first-order valence-corrected chi connectivity index (χ1v) is 4.05. The largest absolute Gasteiger partial charge is 0.327 e. The van der Waals surface area contributed by atoms with E-state index in [1.54, 1.807) is 7.05 Å². The van der Waals surface area contributed by atoms with Gasteiger partial charge in [-0.2, -0.15) is 0 Å². The number of hydroxylamine groups is 2. The van der Waals surface area contributed by atoms with Gasteiger partial charge in [0.1, 0.15) is 0 Å². The zero-order valence-electron chi connectivity index (χ0n) is 8.20. The molecule has 0 aromatic heterocycles. The standard InChI is InChI=1S/C8H18N2O2/c1-6(2)7(9)5-8(11)10(3)12-4/h6-7H,5,9H2,1-4H3. The fourth-order valence-corrected chi connectivity index (χ4v) is 0.668. The van der Waals surface area contributed by atoms with Crippen LogP contribution in [0.4, 0.5) is 0 Å². The van der Waals surface area contributed by atoms with E-state index in [1.807, 2.05) is 13.8 Å². The summed E-state index contributed by atoms with van der Waals surface area (Å²) in [7, 11) is 3.04. The van der Waals surface area contributed by atoms with Gasteiger partial charge in [-0.3, -0.25) is 9.63 Å². The summed E-state index contributed by atoms with van der Waals surface area (Å²) in [5.41, 5.74) is 5.71. The molecule has 1 unspecified atom stereocenters. The minimum atomic E-state index is -0.0879. The van der Waals surface area contributed by atoms with Crippen molar-refractivity contribution in [2.75, 3.05) is 14.2 Å². The molecule has 0 saturated heterocycles. The average molecular weight is 174 g/mol. The van der Waals surface area contributed by atoms with Crippen LogP contribution in [0.3, 0.4) is 0 Å². The van der Waals surface area contributed by atoms with Crippen LogP contribution < -0.4 is 5.73 Å². The summed E-state index contributed by atoms with van der Waals surface area (Å²) in [6.45, 7) is 3.98. The van der Waals surface area contributed by atoms with Crippen molar-refractivity contribution in [3.8, 4) is 0 Å². The molecule has 0 aromatic rings. The lowest BCUT2D eigenvalue weighted by molar-refractivity contribution is -0.169. The lowest BCUT2D eigenvalue weighted by Crippen LogP contribution is -2.35. The van der Waals surface area contributed by atoms with Gasteiger partial charge in [0.05, 0.1) is 7.11 Å². The maximum Gasteiger partial charge on any atom is 0.247 e. The molecule has 0 spiro atoms. The van der Waals surface area contributed by atoms with Crippen molar-refractivity contribution in [3.05, 3.63) is 0 Å². The Morgan fingerprint density at radius 1 is 1.58 bits per heavy atom. The van der Waals surface area contributed by atoms with Gasteiger partial charge in [-0.25, -0.2) is 5.06 Å². The zero-order chi connectivity index (χ0) is 9.72. The minimum Gasteiger partial charge on any atom is -0.327 e. The van der Waals surface area contributed by atoms with Gasteiger partial charge in [0.2, 0.25) is 5.91 Å². The van der Waals surface area contributed by atoms with Crippen LogP contribution in [-0.2, 0) is 9.63 Å². The van der Waals surface area contributed by atoms with Crippen LogP contribution in [0.5, 0.6) is 0 Å². The molecule has 0 bridgehead atoms. The smallest absolute Gasteiger partial charge is 0.247 e. The number of hydrogen-bond donors (Lipinski definition) is 1. The predicted molar refractivity (Wildman–Crippen MR) is 47.2 cm³/mol. The van der Waals surface area contributed by atoms with Gasteiger partial charge in [0.15, 0.2) is 0 Å². The second-order valence-corrected chi connectivity index (χ2v) is 3.19. The fourth-order valence-electron chi connectivity index (χ4n) is 0.668. The molecule has 1 atom stereocenters. The van der Waals surface area contributed by atoms with Crippen LogP contribution >= 0.6 is 0 Å². The average Bonchev–Trinajstić information content (AvgIpc) is 2.02. The fraction of sp³-hybridized carbons (Fsp3) is 0.875. The van der Waals surface area contributed by atoms with Crippen LogP contribution in [-0.4, -0.2) is 31.2 Å². The third kappa shape index (κ3) is 3.69. The molecule has 0 rings (SSSR count). The highest BCUT2D eigenvalue weighted by Gasteiger charge is 2.15. The van der Waals surface area contributed by atoms with Gasteiger partial charge < -0.3 is 5.73 Å². The highest BCUT2D eigenvalue weighted by molar-refractivity contribution is 5.75. The molecular formula is C8H18N2O2. The Hall–Kier alpha value is -0.610. The molecule has 0 aromatic carbocycles. The lowest BCUT2D eigenvalue weighted by atomic mass is 10.0. The van der Waals surface area contributed by atoms with Crippen molar-refractivity contribution in [2.24, 2.45) is 11.7 Å². The number of nitrogens with two attached hydrogens (primary N) is 1. The topological polar surface area (TPSA) is 55.6 Å². The number of nitrogens with zero attached hydrogens (tertiary/aromatic N) is 1. The Balaban J connectivity index is 3.84. The molecule has 0 aliphatic heterocycles. The summed E-state index contributed by atoms with van der Waals surface area (Å²) in [5, 5.41) is 1.20. The van der Waals surface area contributed by atoms with Crippen molar-refractivity contribution in [1.29, 1.82) is 0 Å². The van der Waals surface area contributed by atoms with E-state index < -0.39 is 0 Å². The molecule has 1 amide bonds. The molecule has 4 heteroatoms. The lowest BCUT2D eigenvalue weighted by Gasteiger charge is -2.18. The SMILES string of the molecule is CON(C)C(=O)CC(N)C(C)C. The Morgan fingerprint density at radius 2 is 2.08 bits per heavy atom. The van der Waals surface area contributed by atoms with Gasteiger partial charge in [-0.15, -0.1) is 0 Å². The van der Waals surface area contributed by atoms with Gasteiger partial charge in [0, 0.05) is 19.5 Å². The van der Waals surface area contributed by atoms with Crippen LogP contribution in [0.25, 0.3) is 0 Å². The summed E-state index contributed by atoms with van der Waals surface area (Å²) in [6.07, 6.45) is 0.335. The quantitative estimate of drug-likeness (QED) is 0.627. The highest BCUT2D eigenvalue weighted by atomic mass is 16.7. The van der Waals surface area contributed by atoms with E-state index in [2.05, 4.69) is 0 Å². The van der Waals surface area contributed by atoms with Crippen molar-refractivity contribution < 1.29 is 9.63 Å². The van der Waals surface area contributed by atoms with E-state index in [1.165, 1.54) is 12.2 Å². The first-order chi connectivity index (χ1) is 5.49. The van der Waals surface area contributed by atoms with E-state index >= 15 is 0 Å². The normalized spacial score (nSPS) is 13.2. The van der Waals surface area contributed by atoms with E-state index in [-0.39, 0.29) is 11.9 Å². The summed E-state index contributed by atoms with van der Waals surface area (Å²) in [5.74, 6) is 0.234. The Morgan fingerprint density at radius 3 is 2.42 bits per heavy atom. The Bertz CT molecular complexity index is 148. The molecule has 12 heavy (non-hydrogen) atoms. The predicted octanol–water partition coefficient (Wildman–Crippen LogP) is 0.380. The Labute approximate surface area is 73.6 Å². The van der Waals surface area contributed by atoms with E-state index in [0.717, 1.165) is 0 Å². The molecule has 0 aliphatic carbocycles. The number of amides is 1. The van der Waals surface area contributed by atoms with Gasteiger partial charge in [0.25, 0.3) is 0 Å². The minimum absolute atomic E-state index is 0.0845. The summed E-state index contributed by atoms with van der Waals surface area (Å²) in [6, 6.07) is -0.0879. The van der Waals surface area contributed by atoms with Crippen molar-refractivity contribution in [1.82, 2.24) is 5.06 Å². The highest BCUT2D eigenvalue weighted by Crippen LogP contribution is 2.04. The molecular weight excluding hydrogens is 156 g/mol. The molecule has 0 heterocycles. The van der Waals surface area contributed by atoms with E-state index in [4.69, 9.17) is 10.6 Å². The third-order valence-corrected chi connectivity index (χ3v) is 1.89. The summed E-state index contributed by atoms with van der Waals surface area (Å²) >= 11 is 0. The molecule has 4 nitrogen and oxygen atoms in total. The van der Waals surface area contributed by atoms with Crippen molar-refractivity contribution in [3.63, 3.8) is 0 Å².